The highest BCUT2D eigenvalue weighted by Gasteiger charge is 2.16. The van der Waals surface area contributed by atoms with E-state index in [1.54, 1.807) is 12.3 Å². The number of ether oxygens (including phenoxy) is 1. The van der Waals surface area contributed by atoms with E-state index in [1.807, 2.05) is 42.9 Å². The molecular formula is C19H24N4O2S. The predicted molar refractivity (Wildman–Crippen MR) is 105 cm³/mol. The smallest absolute Gasteiger partial charge is 0.274 e. The van der Waals surface area contributed by atoms with E-state index in [2.05, 4.69) is 22.8 Å². The Morgan fingerprint density at radius 2 is 2.12 bits per heavy atom. The van der Waals surface area contributed by atoms with Crippen LogP contribution in [0, 0.1) is 0 Å². The molecule has 1 unspecified atom stereocenters. The van der Waals surface area contributed by atoms with E-state index in [9.17, 15) is 4.79 Å². The van der Waals surface area contributed by atoms with Gasteiger partial charge in [-0.2, -0.15) is 10.2 Å². The fourth-order valence-corrected chi connectivity index (χ4v) is 3.21. The van der Waals surface area contributed by atoms with Gasteiger partial charge in [-0.3, -0.25) is 4.79 Å². The molecule has 6 nitrogen and oxygen atoms in total. The summed E-state index contributed by atoms with van der Waals surface area (Å²) in [5.41, 5.74) is 0.674. The molecule has 138 valence electrons. The lowest BCUT2D eigenvalue weighted by Crippen LogP contribution is -2.24. The number of aromatic nitrogens is 4. The highest BCUT2D eigenvalue weighted by atomic mass is 32.1. The van der Waals surface area contributed by atoms with Crippen molar-refractivity contribution in [3.63, 3.8) is 0 Å². The molecule has 0 bridgehead atoms. The third-order valence-corrected chi connectivity index (χ3v) is 4.54. The summed E-state index contributed by atoms with van der Waals surface area (Å²) in [5, 5.41) is 10.2. The predicted octanol–water partition coefficient (Wildman–Crippen LogP) is 3.66. The molecule has 1 aromatic carbocycles. The van der Waals surface area contributed by atoms with Gasteiger partial charge in [0.15, 0.2) is 0 Å². The van der Waals surface area contributed by atoms with Crippen LogP contribution in [-0.2, 0) is 11.3 Å². The van der Waals surface area contributed by atoms with E-state index in [1.165, 1.54) is 4.68 Å². The van der Waals surface area contributed by atoms with Crippen LogP contribution in [0.5, 0.6) is 0 Å². The molecule has 3 heterocycles. The first kappa shape index (κ1) is 18.7. The van der Waals surface area contributed by atoms with Crippen molar-refractivity contribution >= 4 is 23.4 Å². The molecule has 0 spiro atoms. The van der Waals surface area contributed by atoms with E-state index >= 15 is 0 Å². The van der Waals surface area contributed by atoms with Gasteiger partial charge in [-0.1, -0.05) is 13.8 Å². The summed E-state index contributed by atoms with van der Waals surface area (Å²) in [6.07, 6.45) is 6.83. The van der Waals surface area contributed by atoms with Crippen LogP contribution in [0.2, 0.25) is 0 Å². The Morgan fingerprint density at radius 1 is 1.27 bits per heavy atom. The molecule has 1 saturated heterocycles. The number of hydrogen-bond donors (Lipinski definition) is 1. The fourth-order valence-electron chi connectivity index (χ4n) is 3.00. The molecule has 1 fully saturated rings. The number of fused-ring (bicyclic) bond motifs is 1. The minimum atomic E-state index is -0.121. The second-order valence-corrected chi connectivity index (χ2v) is 6.50. The lowest BCUT2D eigenvalue weighted by Gasteiger charge is -2.22. The van der Waals surface area contributed by atoms with Crippen molar-refractivity contribution < 1.29 is 4.74 Å². The molecule has 4 rings (SSSR count). The Morgan fingerprint density at radius 3 is 2.88 bits per heavy atom. The highest BCUT2D eigenvalue weighted by molar-refractivity contribution is 7.80. The maximum Gasteiger partial charge on any atom is 0.274 e. The third kappa shape index (κ3) is 3.99. The van der Waals surface area contributed by atoms with Crippen molar-refractivity contribution in [1.82, 2.24) is 19.6 Å². The molecule has 1 atom stereocenters. The van der Waals surface area contributed by atoms with Gasteiger partial charge in [0, 0.05) is 23.1 Å². The third-order valence-electron chi connectivity index (χ3n) is 4.26. The van der Waals surface area contributed by atoms with Crippen molar-refractivity contribution in [2.45, 2.75) is 50.8 Å². The van der Waals surface area contributed by atoms with E-state index in [4.69, 9.17) is 4.74 Å². The second-order valence-electron chi connectivity index (χ2n) is 5.99. The molecule has 0 N–H and O–H groups in total. The van der Waals surface area contributed by atoms with Crippen molar-refractivity contribution in [1.29, 1.82) is 0 Å². The maximum atomic E-state index is 12.6. The largest absolute Gasteiger partial charge is 0.357 e. The Labute approximate surface area is 158 Å². The van der Waals surface area contributed by atoms with Gasteiger partial charge >= 0.3 is 0 Å². The van der Waals surface area contributed by atoms with Crippen LogP contribution in [0.25, 0.3) is 10.8 Å². The van der Waals surface area contributed by atoms with E-state index in [-0.39, 0.29) is 11.8 Å². The first-order valence-electron chi connectivity index (χ1n) is 9.05. The van der Waals surface area contributed by atoms with E-state index in [0.29, 0.717) is 11.9 Å². The van der Waals surface area contributed by atoms with Crippen molar-refractivity contribution in [2.75, 3.05) is 6.61 Å². The van der Waals surface area contributed by atoms with Gasteiger partial charge in [-0.25, -0.2) is 9.36 Å². The maximum absolute atomic E-state index is 12.6. The molecule has 3 aromatic rings. The van der Waals surface area contributed by atoms with E-state index in [0.717, 1.165) is 41.8 Å². The van der Waals surface area contributed by atoms with Gasteiger partial charge in [0.1, 0.15) is 6.23 Å². The zero-order chi connectivity index (χ0) is 18.5. The van der Waals surface area contributed by atoms with Gasteiger partial charge < -0.3 is 4.74 Å². The number of thiol groups is 1. The fraction of sp³-hybridized carbons (Fsp3) is 0.421. The SMILES string of the molecule is CC.O=c1c2ccc(S)cc2cnn1Cc1ccn(C2CCCCO2)n1. The first-order valence-corrected chi connectivity index (χ1v) is 9.50. The Hall–Kier alpha value is -2.12. The van der Waals surface area contributed by atoms with Crippen LogP contribution in [0.4, 0.5) is 0 Å². The van der Waals surface area contributed by atoms with Crippen LogP contribution in [0.1, 0.15) is 45.0 Å². The molecule has 0 amide bonds. The summed E-state index contributed by atoms with van der Waals surface area (Å²) in [7, 11) is 0. The molecule has 1 aliphatic rings. The van der Waals surface area contributed by atoms with Crippen molar-refractivity contribution in [3.8, 4) is 0 Å². The minimum absolute atomic E-state index is 0.00240. The normalized spacial score (nSPS) is 17.0. The number of nitrogens with zero attached hydrogens (tertiary/aromatic N) is 4. The van der Waals surface area contributed by atoms with Gasteiger partial charge in [-0.15, -0.1) is 12.6 Å². The number of rotatable bonds is 3. The second kappa shape index (κ2) is 8.51. The standard InChI is InChI=1S/C17H18N4O2S.C2H6/c22-17-15-5-4-14(24)9-12(15)10-18-21(17)11-13-6-7-20(19-13)16-3-1-2-8-23-16;1-2/h4-7,9-10,16,24H,1-3,8,11H2;1-2H3. The molecule has 0 saturated carbocycles. The zero-order valence-electron chi connectivity index (χ0n) is 15.1. The lowest BCUT2D eigenvalue weighted by molar-refractivity contribution is -0.0397. The van der Waals surface area contributed by atoms with Gasteiger partial charge in [0.2, 0.25) is 0 Å². The molecule has 0 radical (unpaired) electrons. The van der Waals surface area contributed by atoms with Crippen molar-refractivity contribution in [2.24, 2.45) is 0 Å². The summed E-state index contributed by atoms with van der Waals surface area (Å²) in [4.78, 5) is 13.4. The minimum Gasteiger partial charge on any atom is -0.357 e. The summed E-state index contributed by atoms with van der Waals surface area (Å²) >= 11 is 4.29. The lowest BCUT2D eigenvalue weighted by atomic mass is 10.2. The van der Waals surface area contributed by atoms with E-state index < -0.39 is 0 Å². The molecule has 2 aromatic heterocycles. The molecule has 7 heteroatoms. The summed E-state index contributed by atoms with van der Waals surface area (Å²) in [6, 6.07) is 7.35. The molecular weight excluding hydrogens is 348 g/mol. The van der Waals surface area contributed by atoms with Gasteiger partial charge in [0.25, 0.3) is 5.56 Å². The highest BCUT2D eigenvalue weighted by Crippen LogP contribution is 2.21. The number of hydrogen-bond acceptors (Lipinski definition) is 5. The quantitative estimate of drug-likeness (QED) is 0.713. The summed E-state index contributed by atoms with van der Waals surface area (Å²) in [6.45, 7) is 5.12. The van der Waals surface area contributed by atoms with Crippen molar-refractivity contribution in [3.05, 3.63) is 52.7 Å². The van der Waals surface area contributed by atoms with Crippen LogP contribution < -0.4 is 5.56 Å². The Kier molecular flexibility index (Phi) is 6.11. The van der Waals surface area contributed by atoms with Crippen LogP contribution in [0.3, 0.4) is 0 Å². The molecule has 26 heavy (non-hydrogen) atoms. The Balaban J connectivity index is 0.000000948. The van der Waals surface area contributed by atoms with Gasteiger partial charge in [0.05, 0.1) is 23.8 Å². The van der Waals surface area contributed by atoms with Crippen LogP contribution in [-0.4, -0.2) is 26.2 Å². The number of benzene rings is 1. The molecule has 0 aliphatic carbocycles. The topological polar surface area (TPSA) is 61.9 Å². The average Bonchev–Trinajstić information content (AvgIpc) is 3.15. The summed E-state index contributed by atoms with van der Waals surface area (Å²) < 4.78 is 9.01. The Bertz CT molecular complexity index is 929. The van der Waals surface area contributed by atoms with Gasteiger partial charge in [-0.05, 0) is 43.5 Å². The average molecular weight is 372 g/mol. The van der Waals surface area contributed by atoms with Crippen LogP contribution in [0.15, 0.2) is 46.3 Å². The van der Waals surface area contributed by atoms with Crippen LogP contribution >= 0.6 is 12.6 Å². The monoisotopic (exact) mass is 372 g/mol. The summed E-state index contributed by atoms with van der Waals surface area (Å²) in [5.74, 6) is 0. The molecule has 1 aliphatic heterocycles. The zero-order valence-corrected chi connectivity index (χ0v) is 16.0. The first-order chi connectivity index (χ1) is 12.7.